The number of carbonyl (C=O) groups is 2. The number of aryl methyl sites for hydroxylation is 1. The van der Waals surface area contributed by atoms with E-state index in [0.717, 1.165) is 23.3 Å². The first-order valence-corrected chi connectivity index (χ1v) is 9.26. The minimum atomic E-state index is -4.39. The highest BCUT2D eigenvalue weighted by Gasteiger charge is 2.30. The van der Waals surface area contributed by atoms with Gasteiger partial charge in [0.05, 0.1) is 12.1 Å². The fourth-order valence-electron chi connectivity index (χ4n) is 2.92. The first kappa shape index (κ1) is 22.5. The largest absolute Gasteiger partial charge is 0.416 e. The molecule has 2 aromatic carbocycles. The molecule has 29 heavy (non-hydrogen) atoms. The fourth-order valence-corrected chi connectivity index (χ4v) is 2.92. The van der Waals surface area contributed by atoms with Crippen LogP contribution in [0.1, 0.15) is 41.5 Å². The summed E-state index contributed by atoms with van der Waals surface area (Å²) in [5.41, 5.74) is 2.64. The standard InChI is InChI=1S/C22H25F3N2O2/c1-14-6-5-7-19(16(14)3)26-20(28)13-27(4)21(29)12-15(2)17-8-10-18(11-9-17)22(23,24)25/h5-11,15H,12-13H2,1-4H3,(H,26,28). The zero-order valence-electron chi connectivity index (χ0n) is 16.9. The van der Waals surface area contributed by atoms with E-state index in [9.17, 15) is 22.8 Å². The van der Waals surface area contributed by atoms with Crippen molar-refractivity contribution in [3.8, 4) is 0 Å². The van der Waals surface area contributed by atoms with Crippen LogP contribution in [0, 0.1) is 13.8 Å². The van der Waals surface area contributed by atoms with Crippen LogP contribution in [0.3, 0.4) is 0 Å². The molecule has 2 rings (SSSR count). The van der Waals surface area contributed by atoms with Crippen molar-refractivity contribution in [3.05, 3.63) is 64.7 Å². The number of rotatable bonds is 6. The molecule has 1 N–H and O–H groups in total. The lowest BCUT2D eigenvalue weighted by molar-refractivity contribution is -0.137. The Morgan fingerprint density at radius 1 is 1.07 bits per heavy atom. The van der Waals surface area contributed by atoms with Gasteiger partial charge in [-0.25, -0.2) is 0 Å². The lowest BCUT2D eigenvalue weighted by Crippen LogP contribution is -2.35. The number of benzene rings is 2. The maximum atomic E-state index is 12.7. The molecule has 2 amide bonds. The fraction of sp³-hybridized carbons (Fsp3) is 0.364. The number of anilines is 1. The van der Waals surface area contributed by atoms with Crippen LogP contribution < -0.4 is 5.32 Å². The van der Waals surface area contributed by atoms with Crippen LogP contribution in [-0.2, 0) is 15.8 Å². The third kappa shape index (κ3) is 6.07. The van der Waals surface area contributed by atoms with Crippen LogP contribution in [0.25, 0.3) is 0 Å². The van der Waals surface area contributed by atoms with Crippen molar-refractivity contribution < 1.29 is 22.8 Å². The smallest absolute Gasteiger partial charge is 0.336 e. The van der Waals surface area contributed by atoms with E-state index < -0.39 is 11.7 Å². The van der Waals surface area contributed by atoms with Crippen LogP contribution >= 0.6 is 0 Å². The highest BCUT2D eigenvalue weighted by molar-refractivity contribution is 5.95. The van der Waals surface area contributed by atoms with E-state index in [1.807, 2.05) is 26.0 Å². The van der Waals surface area contributed by atoms with Gasteiger partial charge < -0.3 is 10.2 Å². The summed E-state index contributed by atoms with van der Waals surface area (Å²) in [6.07, 6.45) is -4.29. The van der Waals surface area contributed by atoms with Crippen LogP contribution in [0.4, 0.5) is 18.9 Å². The molecule has 0 saturated carbocycles. The van der Waals surface area contributed by atoms with Crippen LogP contribution in [-0.4, -0.2) is 30.3 Å². The summed E-state index contributed by atoms with van der Waals surface area (Å²) >= 11 is 0. The summed E-state index contributed by atoms with van der Waals surface area (Å²) in [6.45, 7) is 5.52. The molecule has 0 fully saturated rings. The highest BCUT2D eigenvalue weighted by atomic mass is 19.4. The van der Waals surface area contributed by atoms with Gasteiger partial charge in [-0.15, -0.1) is 0 Å². The number of nitrogens with zero attached hydrogens (tertiary/aromatic N) is 1. The molecule has 4 nitrogen and oxygen atoms in total. The molecule has 0 aliphatic heterocycles. The average molecular weight is 406 g/mol. The van der Waals surface area contributed by atoms with Gasteiger partial charge in [-0.2, -0.15) is 13.2 Å². The second-order valence-electron chi connectivity index (χ2n) is 7.27. The maximum Gasteiger partial charge on any atom is 0.416 e. The van der Waals surface area contributed by atoms with E-state index in [0.29, 0.717) is 11.3 Å². The molecular weight excluding hydrogens is 381 g/mol. The van der Waals surface area contributed by atoms with E-state index in [-0.39, 0.29) is 30.7 Å². The first-order valence-electron chi connectivity index (χ1n) is 9.26. The van der Waals surface area contributed by atoms with Gasteiger partial charge >= 0.3 is 6.18 Å². The molecule has 0 radical (unpaired) electrons. The van der Waals surface area contributed by atoms with E-state index in [1.165, 1.54) is 24.1 Å². The molecule has 0 aromatic heterocycles. The van der Waals surface area contributed by atoms with Crippen molar-refractivity contribution in [2.75, 3.05) is 18.9 Å². The molecule has 7 heteroatoms. The lowest BCUT2D eigenvalue weighted by Gasteiger charge is -2.20. The summed E-state index contributed by atoms with van der Waals surface area (Å²) < 4.78 is 38.0. The second kappa shape index (κ2) is 9.11. The Bertz CT molecular complexity index is 877. The van der Waals surface area contributed by atoms with Crippen molar-refractivity contribution in [1.29, 1.82) is 0 Å². The lowest BCUT2D eigenvalue weighted by atomic mass is 9.96. The summed E-state index contributed by atoms with van der Waals surface area (Å²) in [6, 6.07) is 10.4. The van der Waals surface area contributed by atoms with Gasteiger partial charge in [-0.1, -0.05) is 31.2 Å². The number of hydrogen-bond acceptors (Lipinski definition) is 2. The number of nitrogens with one attached hydrogen (secondary N) is 1. The topological polar surface area (TPSA) is 49.4 Å². The van der Waals surface area contributed by atoms with Crippen molar-refractivity contribution in [1.82, 2.24) is 4.90 Å². The average Bonchev–Trinajstić information content (AvgIpc) is 2.64. The van der Waals surface area contributed by atoms with Crippen LogP contribution in [0.5, 0.6) is 0 Å². The Morgan fingerprint density at radius 3 is 2.28 bits per heavy atom. The maximum absolute atomic E-state index is 12.7. The first-order chi connectivity index (χ1) is 13.5. The van der Waals surface area contributed by atoms with E-state index in [2.05, 4.69) is 5.32 Å². The molecule has 0 aliphatic carbocycles. The normalized spacial score (nSPS) is 12.4. The van der Waals surface area contributed by atoms with Gasteiger partial charge in [0.1, 0.15) is 0 Å². The highest BCUT2D eigenvalue weighted by Crippen LogP contribution is 2.30. The molecule has 1 atom stereocenters. The van der Waals surface area contributed by atoms with Gasteiger partial charge in [-0.3, -0.25) is 9.59 Å². The Balaban J connectivity index is 1.92. The molecule has 0 heterocycles. The Kier molecular flexibility index (Phi) is 7.06. The van der Waals surface area contributed by atoms with Crippen molar-refractivity contribution in [3.63, 3.8) is 0 Å². The minimum absolute atomic E-state index is 0.0959. The number of hydrogen-bond donors (Lipinski definition) is 1. The van der Waals surface area contributed by atoms with Gasteiger partial charge in [0.2, 0.25) is 11.8 Å². The van der Waals surface area contributed by atoms with E-state index >= 15 is 0 Å². The van der Waals surface area contributed by atoms with E-state index in [4.69, 9.17) is 0 Å². The third-order valence-electron chi connectivity index (χ3n) is 4.97. The van der Waals surface area contributed by atoms with Crippen LogP contribution in [0.15, 0.2) is 42.5 Å². The zero-order valence-corrected chi connectivity index (χ0v) is 16.9. The molecule has 1 unspecified atom stereocenters. The number of likely N-dealkylation sites (N-methyl/N-ethyl adjacent to an activating group) is 1. The molecule has 156 valence electrons. The Labute approximate surface area is 168 Å². The Morgan fingerprint density at radius 2 is 1.69 bits per heavy atom. The number of halogens is 3. The summed E-state index contributed by atoms with van der Waals surface area (Å²) in [7, 11) is 1.53. The molecule has 2 aromatic rings. The van der Waals surface area contributed by atoms with Crippen molar-refractivity contribution in [2.24, 2.45) is 0 Å². The monoisotopic (exact) mass is 406 g/mol. The predicted octanol–water partition coefficient (Wildman–Crippen LogP) is 4.91. The third-order valence-corrected chi connectivity index (χ3v) is 4.97. The predicted molar refractivity (Wildman–Crippen MR) is 107 cm³/mol. The minimum Gasteiger partial charge on any atom is -0.336 e. The van der Waals surface area contributed by atoms with Gasteiger partial charge in [0.25, 0.3) is 0 Å². The molecule has 0 aliphatic rings. The van der Waals surface area contributed by atoms with Crippen LogP contribution in [0.2, 0.25) is 0 Å². The number of alkyl halides is 3. The molecule has 0 bridgehead atoms. The van der Waals surface area contributed by atoms with Gasteiger partial charge in [0, 0.05) is 19.2 Å². The molecular formula is C22H25F3N2O2. The number of amides is 2. The summed E-state index contributed by atoms with van der Waals surface area (Å²) in [5, 5.41) is 2.80. The molecule has 0 spiro atoms. The summed E-state index contributed by atoms with van der Waals surface area (Å²) in [5.74, 6) is -0.834. The quantitative estimate of drug-likeness (QED) is 0.741. The van der Waals surface area contributed by atoms with E-state index in [1.54, 1.807) is 13.0 Å². The van der Waals surface area contributed by atoms with Gasteiger partial charge in [-0.05, 0) is 54.7 Å². The van der Waals surface area contributed by atoms with Gasteiger partial charge in [0.15, 0.2) is 0 Å². The summed E-state index contributed by atoms with van der Waals surface area (Å²) in [4.78, 5) is 26.0. The Hall–Kier alpha value is -2.83. The number of carbonyl (C=O) groups excluding carboxylic acids is 2. The zero-order chi connectivity index (χ0) is 21.8. The van der Waals surface area contributed by atoms with Crippen molar-refractivity contribution >= 4 is 17.5 Å². The second-order valence-corrected chi connectivity index (χ2v) is 7.27. The SMILES string of the molecule is Cc1cccc(NC(=O)CN(C)C(=O)CC(C)c2ccc(C(F)(F)F)cc2)c1C. The van der Waals surface area contributed by atoms with Crippen molar-refractivity contribution in [2.45, 2.75) is 39.3 Å². The molecule has 0 saturated heterocycles.